The molecule has 98 valence electrons. The molecule has 1 N–H and O–H groups in total. The van der Waals surface area contributed by atoms with Gasteiger partial charge in [0.1, 0.15) is 0 Å². The lowest BCUT2D eigenvalue weighted by Gasteiger charge is -2.25. The van der Waals surface area contributed by atoms with Crippen molar-refractivity contribution in [3.63, 3.8) is 0 Å². The van der Waals surface area contributed by atoms with E-state index >= 15 is 0 Å². The van der Waals surface area contributed by atoms with Crippen LogP contribution in [0, 0.1) is 0 Å². The second-order valence-corrected chi connectivity index (χ2v) is 4.08. The first kappa shape index (κ1) is 12.7. The number of carbonyl (C=O) groups is 1. The fourth-order valence-corrected chi connectivity index (χ4v) is 1.94. The molecular weight excluding hydrogens is 234 g/mol. The minimum atomic E-state index is -0.145. The molecule has 1 aliphatic rings. The third-order valence-electron chi connectivity index (χ3n) is 2.80. The maximum Gasteiger partial charge on any atom is 0.307 e. The molecule has 0 atom stereocenters. The summed E-state index contributed by atoms with van der Waals surface area (Å²) in [5.41, 5.74) is 1.05. The first-order chi connectivity index (χ1) is 8.79. The Morgan fingerprint density at radius 1 is 1.61 bits per heavy atom. The lowest BCUT2D eigenvalue weighted by Crippen LogP contribution is -2.32. The Balaban J connectivity index is 1.83. The molecule has 0 aromatic carbocycles. The molecule has 1 aliphatic heterocycles. The Hall–Kier alpha value is -1.76. The van der Waals surface area contributed by atoms with Gasteiger partial charge in [0.15, 0.2) is 0 Å². The Bertz CT molecular complexity index is 415. The van der Waals surface area contributed by atoms with E-state index in [1.54, 1.807) is 0 Å². The second kappa shape index (κ2) is 6.25. The molecule has 0 bridgehead atoms. The molecule has 0 fully saturated rings. The third kappa shape index (κ3) is 3.36. The zero-order chi connectivity index (χ0) is 12.8. The number of aromatic nitrogens is 4. The summed E-state index contributed by atoms with van der Waals surface area (Å²) in [5.74, 6) is 0.490. The highest BCUT2D eigenvalue weighted by atomic mass is 16.5. The molecule has 7 nitrogen and oxygen atoms in total. The van der Waals surface area contributed by atoms with Crippen LogP contribution in [0.4, 0.5) is 0 Å². The monoisotopic (exact) mass is 251 g/mol. The van der Waals surface area contributed by atoms with Crippen LogP contribution < -0.4 is 0 Å². The van der Waals surface area contributed by atoms with E-state index in [0.717, 1.165) is 25.1 Å². The van der Waals surface area contributed by atoms with Gasteiger partial charge in [0.2, 0.25) is 5.82 Å². The molecule has 18 heavy (non-hydrogen) atoms. The van der Waals surface area contributed by atoms with Crippen molar-refractivity contribution < 1.29 is 9.53 Å². The van der Waals surface area contributed by atoms with E-state index in [9.17, 15) is 4.79 Å². The highest BCUT2D eigenvalue weighted by molar-refractivity contribution is 5.69. The largest absolute Gasteiger partial charge is 0.466 e. The predicted molar refractivity (Wildman–Crippen MR) is 64.5 cm³/mol. The molecule has 0 radical (unpaired) electrons. The number of hydrogen-bond donors (Lipinski definition) is 1. The molecule has 0 saturated heterocycles. The van der Waals surface area contributed by atoms with Gasteiger partial charge in [-0.25, -0.2) is 0 Å². The van der Waals surface area contributed by atoms with Gasteiger partial charge in [-0.05, 0) is 18.6 Å². The highest BCUT2D eigenvalue weighted by Gasteiger charge is 2.17. The van der Waals surface area contributed by atoms with Crippen LogP contribution >= 0.6 is 0 Å². The van der Waals surface area contributed by atoms with Crippen molar-refractivity contribution in [1.29, 1.82) is 0 Å². The van der Waals surface area contributed by atoms with E-state index < -0.39 is 0 Å². The summed E-state index contributed by atoms with van der Waals surface area (Å²) in [6.07, 6.45) is 3.48. The lowest BCUT2D eigenvalue weighted by atomic mass is 10.1. The molecule has 0 amide bonds. The zero-order valence-corrected chi connectivity index (χ0v) is 10.4. The van der Waals surface area contributed by atoms with Crippen molar-refractivity contribution >= 4 is 11.5 Å². The minimum Gasteiger partial charge on any atom is -0.466 e. The SMILES string of the molecule is CCOC(=O)CCN1CCC=C(c2nn[nH]n2)C1. The topological polar surface area (TPSA) is 84.0 Å². The van der Waals surface area contributed by atoms with E-state index in [1.807, 2.05) is 6.92 Å². The Morgan fingerprint density at radius 3 is 3.22 bits per heavy atom. The fraction of sp³-hybridized carbons (Fsp3) is 0.636. The van der Waals surface area contributed by atoms with Gasteiger partial charge in [0.05, 0.1) is 13.0 Å². The number of nitrogens with one attached hydrogen (secondary N) is 1. The van der Waals surface area contributed by atoms with Crippen molar-refractivity contribution in [2.24, 2.45) is 0 Å². The summed E-state index contributed by atoms with van der Waals surface area (Å²) >= 11 is 0. The summed E-state index contributed by atoms with van der Waals surface area (Å²) in [7, 11) is 0. The summed E-state index contributed by atoms with van der Waals surface area (Å²) in [6, 6.07) is 0. The van der Waals surface area contributed by atoms with Crippen LogP contribution in [-0.2, 0) is 9.53 Å². The smallest absolute Gasteiger partial charge is 0.307 e. The Labute approximate surface area is 105 Å². The summed E-state index contributed by atoms with van der Waals surface area (Å²) in [6.45, 7) is 4.65. The number of esters is 1. The molecule has 0 spiro atoms. The van der Waals surface area contributed by atoms with Crippen molar-refractivity contribution in [3.8, 4) is 0 Å². The van der Waals surface area contributed by atoms with E-state index in [-0.39, 0.29) is 5.97 Å². The maximum absolute atomic E-state index is 11.3. The van der Waals surface area contributed by atoms with Crippen LogP contribution in [0.2, 0.25) is 0 Å². The third-order valence-corrected chi connectivity index (χ3v) is 2.80. The number of hydrogen-bond acceptors (Lipinski definition) is 6. The van der Waals surface area contributed by atoms with Crippen LogP contribution in [-0.4, -0.2) is 57.7 Å². The Kier molecular flexibility index (Phi) is 4.40. The molecular formula is C11H17N5O2. The average Bonchev–Trinajstić information content (AvgIpc) is 2.91. The van der Waals surface area contributed by atoms with E-state index in [2.05, 4.69) is 31.6 Å². The van der Waals surface area contributed by atoms with Crippen molar-refractivity contribution in [1.82, 2.24) is 25.5 Å². The summed E-state index contributed by atoms with van der Waals surface area (Å²) in [4.78, 5) is 13.5. The summed E-state index contributed by atoms with van der Waals surface area (Å²) in [5, 5.41) is 13.9. The highest BCUT2D eigenvalue weighted by Crippen LogP contribution is 2.16. The molecule has 7 heteroatoms. The van der Waals surface area contributed by atoms with Gasteiger partial charge in [0, 0.05) is 25.2 Å². The van der Waals surface area contributed by atoms with Gasteiger partial charge >= 0.3 is 5.97 Å². The lowest BCUT2D eigenvalue weighted by molar-refractivity contribution is -0.143. The molecule has 1 aromatic heterocycles. The van der Waals surface area contributed by atoms with E-state index in [4.69, 9.17) is 4.74 Å². The molecule has 0 aliphatic carbocycles. The van der Waals surface area contributed by atoms with Crippen LogP contribution in [0.15, 0.2) is 6.08 Å². The molecule has 2 rings (SSSR count). The molecule has 0 saturated carbocycles. The number of H-pyrrole nitrogens is 1. The zero-order valence-electron chi connectivity index (χ0n) is 10.4. The van der Waals surface area contributed by atoms with Gasteiger partial charge in [-0.2, -0.15) is 5.21 Å². The van der Waals surface area contributed by atoms with Gasteiger partial charge in [0.25, 0.3) is 0 Å². The number of carbonyl (C=O) groups excluding carboxylic acids is 1. The first-order valence-corrected chi connectivity index (χ1v) is 6.10. The number of ether oxygens (including phenoxy) is 1. The van der Waals surface area contributed by atoms with Gasteiger partial charge in [-0.15, -0.1) is 10.2 Å². The van der Waals surface area contributed by atoms with Gasteiger partial charge in [-0.1, -0.05) is 6.08 Å². The normalized spacial score (nSPS) is 16.4. The number of rotatable bonds is 5. The average molecular weight is 251 g/mol. The molecule has 0 unspecified atom stereocenters. The second-order valence-electron chi connectivity index (χ2n) is 4.08. The van der Waals surface area contributed by atoms with Gasteiger partial charge < -0.3 is 4.74 Å². The van der Waals surface area contributed by atoms with Crippen LogP contribution in [0.1, 0.15) is 25.6 Å². The van der Waals surface area contributed by atoms with Crippen molar-refractivity contribution in [2.75, 3.05) is 26.2 Å². The Morgan fingerprint density at radius 2 is 2.50 bits per heavy atom. The minimum absolute atomic E-state index is 0.145. The van der Waals surface area contributed by atoms with Crippen LogP contribution in [0.25, 0.3) is 5.57 Å². The van der Waals surface area contributed by atoms with E-state index in [0.29, 0.717) is 25.4 Å². The number of aromatic amines is 1. The van der Waals surface area contributed by atoms with Crippen molar-refractivity contribution in [3.05, 3.63) is 11.9 Å². The molecule has 2 heterocycles. The maximum atomic E-state index is 11.3. The summed E-state index contributed by atoms with van der Waals surface area (Å²) < 4.78 is 4.91. The number of nitrogens with zero attached hydrogens (tertiary/aromatic N) is 4. The fourth-order valence-electron chi connectivity index (χ4n) is 1.94. The van der Waals surface area contributed by atoms with Crippen molar-refractivity contribution in [2.45, 2.75) is 19.8 Å². The quantitative estimate of drug-likeness (QED) is 0.755. The standard InChI is InChI=1S/C11H17N5O2/c1-2-18-10(17)5-7-16-6-3-4-9(8-16)11-12-14-15-13-11/h4H,2-3,5-8H2,1H3,(H,12,13,14,15). The van der Waals surface area contributed by atoms with Crippen LogP contribution in [0.3, 0.4) is 0 Å². The van der Waals surface area contributed by atoms with Gasteiger partial charge in [-0.3, -0.25) is 9.69 Å². The van der Waals surface area contributed by atoms with Crippen LogP contribution in [0.5, 0.6) is 0 Å². The van der Waals surface area contributed by atoms with E-state index in [1.165, 1.54) is 0 Å². The first-order valence-electron chi connectivity index (χ1n) is 6.10. The predicted octanol–water partition coefficient (Wildman–Crippen LogP) is 0.242. The molecule has 1 aromatic rings. The number of tetrazole rings is 1.